The number of fused-ring (bicyclic) bond motifs is 13. The molecule has 86 heavy (non-hydrogen) atoms. The Kier molecular flexibility index (Phi) is 10.2. The molecule has 0 bridgehead atoms. The molecule has 18 rings (SSSR count). The highest BCUT2D eigenvalue weighted by Crippen LogP contribution is 2.45. The van der Waals surface area contributed by atoms with Crippen molar-refractivity contribution < 1.29 is 0 Å². The molecule has 0 fully saturated rings. The van der Waals surface area contributed by atoms with Gasteiger partial charge in [0.25, 0.3) is 6.71 Å². The van der Waals surface area contributed by atoms with E-state index in [-0.39, 0.29) is 6.71 Å². The molecule has 6 heteroatoms. The second-order valence-electron chi connectivity index (χ2n) is 23.0. The monoisotopic (exact) mass is 1090 g/mol. The average molecular weight is 1090 g/mol. The Balaban J connectivity index is 0.971. The van der Waals surface area contributed by atoms with Crippen LogP contribution >= 0.6 is 0 Å². The molecule has 0 spiro atoms. The third-order valence-corrected chi connectivity index (χ3v) is 18.4. The fraction of sp³-hybridized carbons (Fsp3) is 0. The van der Waals surface area contributed by atoms with Gasteiger partial charge >= 0.3 is 0 Å². The molecule has 0 saturated carbocycles. The van der Waals surface area contributed by atoms with Gasteiger partial charge in [0.1, 0.15) is 0 Å². The average Bonchev–Trinajstić information content (AvgIpc) is 1.43. The minimum Gasteiger partial charge on any atom is -0.310 e. The van der Waals surface area contributed by atoms with E-state index in [4.69, 9.17) is 0 Å². The molecule has 0 radical (unpaired) electrons. The summed E-state index contributed by atoms with van der Waals surface area (Å²) in [5, 5.41) is 28.1. The van der Waals surface area contributed by atoms with Crippen molar-refractivity contribution in [3.05, 3.63) is 290 Å². The van der Waals surface area contributed by atoms with Gasteiger partial charge in [0.05, 0.1) is 51.0 Å². The van der Waals surface area contributed by atoms with Crippen LogP contribution in [0.1, 0.15) is 11.1 Å². The van der Waals surface area contributed by atoms with E-state index < -0.39 is 0 Å². The van der Waals surface area contributed by atoms with Gasteiger partial charge in [0, 0.05) is 54.7 Å². The molecule has 0 saturated heterocycles. The minimum absolute atomic E-state index is 0.281. The summed E-state index contributed by atoms with van der Waals surface area (Å²) in [7, 11) is 0. The number of aromatic nitrogens is 3. The summed E-state index contributed by atoms with van der Waals surface area (Å²) in [6.45, 7) is -0.281. The summed E-state index contributed by atoms with van der Waals surface area (Å²) in [5.74, 6) is 0. The third-order valence-electron chi connectivity index (χ3n) is 18.4. The second-order valence-corrected chi connectivity index (χ2v) is 23.0. The Morgan fingerprint density at radius 1 is 0.256 bits per heavy atom. The van der Waals surface area contributed by atoms with Gasteiger partial charge in [-0.15, -0.1) is 0 Å². The van der Waals surface area contributed by atoms with Crippen molar-refractivity contribution in [1.29, 1.82) is 10.5 Å². The Hall–Kier alpha value is -11.7. The molecule has 5 heterocycles. The first-order chi connectivity index (χ1) is 42.5. The van der Waals surface area contributed by atoms with Crippen LogP contribution in [0.15, 0.2) is 279 Å². The number of hydrogen-bond acceptors (Lipinski definition) is 2. The Morgan fingerprint density at radius 3 is 0.965 bits per heavy atom. The van der Waals surface area contributed by atoms with E-state index in [1.807, 2.05) is 0 Å². The lowest BCUT2D eigenvalue weighted by atomic mass is 9.34. The third kappa shape index (κ3) is 7.05. The molecule has 0 N–H and O–H groups in total. The van der Waals surface area contributed by atoms with Crippen LogP contribution in [0.5, 0.6) is 0 Å². The number of rotatable bonds is 7. The van der Waals surface area contributed by atoms with Crippen LogP contribution in [0, 0.1) is 22.7 Å². The topological polar surface area (TPSA) is 62.4 Å². The van der Waals surface area contributed by atoms with E-state index in [0.717, 1.165) is 166 Å². The van der Waals surface area contributed by atoms with Gasteiger partial charge in [-0.2, -0.15) is 10.5 Å². The van der Waals surface area contributed by atoms with Crippen molar-refractivity contribution in [3.63, 3.8) is 0 Å². The van der Waals surface area contributed by atoms with Crippen LogP contribution in [0.2, 0.25) is 0 Å². The largest absolute Gasteiger partial charge is 0.310 e. The molecular formula is C80H46BN5. The van der Waals surface area contributed by atoms with E-state index in [1.165, 1.54) is 0 Å². The van der Waals surface area contributed by atoms with Gasteiger partial charge in [-0.25, -0.2) is 0 Å². The maximum Gasteiger partial charge on any atom is 0.252 e. The fourth-order valence-electron chi connectivity index (χ4n) is 14.6. The van der Waals surface area contributed by atoms with Gasteiger partial charge < -0.3 is 13.7 Å². The fourth-order valence-corrected chi connectivity index (χ4v) is 14.6. The first-order valence-electron chi connectivity index (χ1n) is 29.3. The highest BCUT2D eigenvalue weighted by atomic mass is 15.1. The zero-order valence-electron chi connectivity index (χ0n) is 46.4. The molecular weight excluding hydrogens is 1040 g/mol. The maximum atomic E-state index is 10.8. The van der Waals surface area contributed by atoms with Gasteiger partial charge in [-0.1, -0.05) is 182 Å². The van der Waals surface area contributed by atoms with Crippen molar-refractivity contribution in [2.75, 3.05) is 0 Å². The van der Waals surface area contributed by atoms with Crippen LogP contribution in [0.25, 0.3) is 149 Å². The number of nitriles is 2. The molecule has 2 aliphatic heterocycles. The summed E-state index contributed by atoms with van der Waals surface area (Å²) in [6.07, 6.45) is 0. The van der Waals surface area contributed by atoms with Crippen molar-refractivity contribution >= 4 is 88.5 Å². The summed E-state index contributed by atoms with van der Waals surface area (Å²) < 4.78 is 7.45. The van der Waals surface area contributed by atoms with Crippen LogP contribution in [0.3, 0.4) is 0 Å². The predicted octanol–water partition coefficient (Wildman–Crippen LogP) is 17.9. The zero-order chi connectivity index (χ0) is 56.7. The summed E-state index contributed by atoms with van der Waals surface area (Å²) in [5.41, 5.74) is 27.9. The standard InChI is InChI=1S/C80H46BN5/c82-47-49-33-68-64-25-13-15-27-72(64)85-76-45-63(46-77-78(76)81(70(35-49)79(68)85)71-36-50(48-83)34-69-65-26-14-16-28-73(65)86(77)80(69)71)84-74-43-55(61-39-57(51-17-5-1-6-18-51)37-58(40-61)52-19-7-2-8-20-52)29-31-66(74)67-32-30-56(44-75(67)84)62-41-59(53-21-9-3-10-22-53)38-60(42-62)54-23-11-4-12-24-54/h1-46H. The molecule has 3 aromatic heterocycles. The first-order valence-corrected chi connectivity index (χ1v) is 29.3. The predicted molar refractivity (Wildman–Crippen MR) is 356 cm³/mol. The van der Waals surface area contributed by atoms with Gasteiger partial charge in [-0.3, -0.25) is 0 Å². The summed E-state index contributed by atoms with van der Waals surface area (Å²) >= 11 is 0. The minimum atomic E-state index is -0.281. The van der Waals surface area contributed by atoms with E-state index in [2.05, 4.69) is 305 Å². The summed E-state index contributed by atoms with van der Waals surface area (Å²) in [6, 6.07) is 106. The molecule has 0 aliphatic carbocycles. The van der Waals surface area contributed by atoms with Gasteiger partial charge in [0.15, 0.2) is 0 Å². The van der Waals surface area contributed by atoms with Crippen molar-refractivity contribution in [2.24, 2.45) is 0 Å². The summed E-state index contributed by atoms with van der Waals surface area (Å²) in [4.78, 5) is 0. The molecule has 16 aromatic rings. The normalized spacial score (nSPS) is 12.1. The molecule has 2 aliphatic rings. The molecule has 0 amide bonds. The van der Waals surface area contributed by atoms with E-state index in [9.17, 15) is 10.5 Å². The highest BCUT2D eigenvalue weighted by molar-refractivity contribution is 7.00. The molecule has 0 atom stereocenters. The number of nitrogens with zero attached hydrogens (tertiary/aromatic N) is 5. The van der Waals surface area contributed by atoms with Crippen LogP contribution < -0.4 is 16.4 Å². The Bertz CT molecular complexity index is 5200. The smallest absolute Gasteiger partial charge is 0.252 e. The Morgan fingerprint density at radius 2 is 0.593 bits per heavy atom. The number of benzene rings is 13. The number of para-hydroxylation sites is 2. The van der Waals surface area contributed by atoms with Crippen molar-refractivity contribution in [3.8, 4) is 96.0 Å². The zero-order valence-corrected chi connectivity index (χ0v) is 46.4. The van der Waals surface area contributed by atoms with Gasteiger partial charge in [-0.05, 0) is 180 Å². The lowest BCUT2D eigenvalue weighted by Gasteiger charge is -2.34. The van der Waals surface area contributed by atoms with Crippen LogP contribution in [-0.2, 0) is 0 Å². The molecule has 394 valence electrons. The van der Waals surface area contributed by atoms with Crippen molar-refractivity contribution in [1.82, 2.24) is 13.7 Å². The quantitative estimate of drug-likeness (QED) is 0.149. The Labute approximate surface area is 496 Å². The lowest BCUT2D eigenvalue weighted by Crippen LogP contribution is -2.59. The van der Waals surface area contributed by atoms with Gasteiger partial charge in [0.2, 0.25) is 0 Å². The highest BCUT2D eigenvalue weighted by Gasteiger charge is 2.42. The van der Waals surface area contributed by atoms with E-state index in [1.54, 1.807) is 0 Å². The van der Waals surface area contributed by atoms with Crippen LogP contribution in [-0.4, -0.2) is 20.4 Å². The molecule has 13 aromatic carbocycles. The lowest BCUT2D eigenvalue weighted by molar-refractivity contribution is 1.10. The van der Waals surface area contributed by atoms with Crippen LogP contribution in [0.4, 0.5) is 0 Å². The van der Waals surface area contributed by atoms with E-state index >= 15 is 0 Å². The van der Waals surface area contributed by atoms with Crippen molar-refractivity contribution in [2.45, 2.75) is 0 Å². The number of hydrogen-bond donors (Lipinski definition) is 0. The molecule has 5 nitrogen and oxygen atoms in total. The molecule has 0 unspecified atom stereocenters. The SMILES string of the molecule is N#Cc1cc2c3c(c1)c1ccccc1n3-c1cc(-n3c4cc(-c5cc(-c6ccccc6)cc(-c6ccccc6)c5)ccc4c4ccc(-c5cc(-c6ccccc6)cc(-c6ccccc6)c5)cc43)cc3c1B2c1cc(C#N)cc2c4ccccc4n-3c12. The van der Waals surface area contributed by atoms with E-state index in [0.29, 0.717) is 11.1 Å². The second kappa shape index (κ2) is 18.4. The maximum absolute atomic E-state index is 10.8. The first kappa shape index (κ1) is 47.9.